The monoisotopic (exact) mass is 286 g/mol. The predicted octanol–water partition coefficient (Wildman–Crippen LogP) is 3.91. The normalized spacial score (nSPS) is 10.2. The highest BCUT2D eigenvalue weighted by Gasteiger charge is 2.10. The van der Waals surface area contributed by atoms with Gasteiger partial charge in [-0.15, -0.1) is 0 Å². The molecule has 0 spiro atoms. The van der Waals surface area contributed by atoms with Gasteiger partial charge in [-0.3, -0.25) is 10.1 Å². The fourth-order valence-corrected chi connectivity index (χ4v) is 2.03. The molecule has 5 nitrogen and oxygen atoms in total. The first-order valence-corrected chi connectivity index (χ1v) is 6.81. The molecule has 0 aliphatic rings. The van der Waals surface area contributed by atoms with Gasteiger partial charge in [0.05, 0.1) is 11.5 Å². The molecule has 1 N–H and O–H groups in total. The Balaban J connectivity index is 2.07. The Morgan fingerprint density at radius 2 is 2.05 bits per heavy atom. The Morgan fingerprint density at radius 1 is 1.24 bits per heavy atom. The van der Waals surface area contributed by atoms with Crippen LogP contribution in [0.5, 0.6) is 5.75 Å². The summed E-state index contributed by atoms with van der Waals surface area (Å²) in [6, 6.07) is 12.9. The van der Waals surface area contributed by atoms with Crippen LogP contribution in [0, 0.1) is 17.0 Å². The summed E-state index contributed by atoms with van der Waals surface area (Å²) in [5.41, 5.74) is 2.61. The molecule has 110 valence electrons. The number of rotatable bonds is 6. The van der Waals surface area contributed by atoms with Gasteiger partial charge in [0.15, 0.2) is 0 Å². The van der Waals surface area contributed by atoms with Crippen molar-refractivity contribution in [1.82, 2.24) is 0 Å². The summed E-state index contributed by atoms with van der Waals surface area (Å²) in [6.07, 6.45) is 0. The van der Waals surface area contributed by atoms with Gasteiger partial charge in [0.1, 0.15) is 5.75 Å². The lowest BCUT2D eigenvalue weighted by molar-refractivity contribution is -0.385. The molecule has 5 heteroatoms. The third-order valence-electron chi connectivity index (χ3n) is 3.11. The fraction of sp³-hybridized carbons (Fsp3) is 0.250. The van der Waals surface area contributed by atoms with E-state index in [2.05, 4.69) is 5.32 Å². The molecular weight excluding hydrogens is 268 g/mol. The van der Waals surface area contributed by atoms with E-state index in [9.17, 15) is 10.1 Å². The molecule has 0 aliphatic heterocycles. The topological polar surface area (TPSA) is 64.4 Å². The minimum Gasteiger partial charge on any atom is -0.494 e. The number of anilines is 1. The van der Waals surface area contributed by atoms with Crippen molar-refractivity contribution in [2.75, 3.05) is 11.9 Å². The molecule has 0 amide bonds. The van der Waals surface area contributed by atoms with Crippen molar-refractivity contribution in [3.05, 3.63) is 63.7 Å². The minimum atomic E-state index is -0.353. The summed E-state index contributed by atoms with van der Waals surface area (Å²) in [6.45, 7) is 4.82. The van der Waals surface area contributed by atoms with E-state index < -0.39 is 0 Å². The molecule has 2 rings (SSSR count). The van der Waals surface area contributed by atoms with E-state index in [1.54, 1.807) is 19.1 Å². The number of benzene rings is 2. The second-order valence-electron chi connectivity index (χ2n) is 4.69. The lowest BCUT2D eigenvalue weighted by Gasteiger charge is -2.09. The van der Waals surface area contributed by atoms with E-state index in [1.807, 2.05) is 37.3 Å². The van der Waals surface area contributed by atoms with Crippen LogP contribution in [0.1, 0.15) is 18.1 Å². The van der Waals surface area contributed by atoms with Crippen LogP contribution in [0.2, 0.25) is 0 Å². The Bertz CT molecular complexity index is 641. The van der Waals surface area contributed by atoms with Gasteiger partial charge in [-0.25, -0.2) is 0 Å². The van der Waals surface area contributed by atoms with E-state index in [0.717, 1.165) is 17.0 Å². The van der Waals surface area contributed by atoms with Gasteiger partial charge in [-0.2, -0.15) is 0 Å². The lowest BCUT2D eigenvalue weighted by Crippen LogP contribution is -2.01. The number of hydrogen-bond acceptors (Lipinski definition) is 4. The molecule has 2 aromatic carbocycles. The highest BCUT2D eigenvalue weighted by molar-refractivity contribution is 5.49. The maximum absolute atomic E-state index is 10.9. The lowest BCUT2D eigenvalue weighted by atomic mass is 10.1. The SMILES string of the molecule is CCOc1cccc(NCc2ccc(C)c([N+](=O)[O-])c2)c1. The second kappa shape index (κ2) is 6.74. The molecule has 0 radical (unpaired) electrons. The zero-order valence-corrected chi connectivity index (χ0v) is 12.1. The van der Waals surface area contributed by atoms with E-state index in [0.29, 0.717) is 18.7 Å². The van der Waals surface area contributed by atoms with Crippen LogP contribution in [0.3, 0.4) is 0 Å². The summed E-state index contributed by atoms with van der Waals surface area (Å²) in [5.74, 6) is 0.803. The van der Waals surface area contributed by atoms with Crippen LogP contribution in [0.25, 0.3) is 0 Å². The zero-order valence-electron chi connectivity index (χ0n) is 12.1. The maximum atomic E-state index is 10.9. The maximum Gasteiger partial charge on any atom is 0.272 e. The highest BCUT2D eigenvalue weighted by atomic mass is 16.6. The molecule has 0 atom stereocenters. The number of hydrogen-bond donors (Lipinski definition) is 1. The predicted molar refractivity (Wildman–Crippen MR) is 82.8 cm³/mol. The molecule has 0 saturated heterocycles. The Kier molecular flexibility index (Phi) is 4.77. The zero-order chi connectivity index (χ0) is 15.2. The van der Waals surface area contributed by atoms with E-state index >= 15 is 0 Å². The summed E-state index contributed by atoms with van der Waals surface area (Å²) >= 11 is 0. The number of nitro benzene ring substituents is 1. The van der Waals surface area contributed by atoms with Gasteiger partial charge in [0, 0.05) is 29.9 Å². The van der Waals surface area contributed by atoms with Crippen molar-refractivity contribution in [2.24, 2.45) is 0 Å². The largest absolute Gasteiger partial charge is 0.494 e. The third kappa shape index (κ3) is 3.95. The van der Waals surface area contributed by atoms with E-state index in [-0.39, 0.29) is 10.6 Å². The molecule has 0 aromatic heterocycles. The summed E-state index contributed by atoms with van der Waals surface area (Å²) < 4.78 is 5.44. The molecular formula is C16H18N2O3. The van der Waals surface area contributed by atoms with Gasteiger partial charge in [0.25, 0.3) is 5.69 Å². The van der Waals surface area contributed by atoms with Crippen LogP contribution in [0.15, 0.2) is 42.5 Å². The van der Waals surface area contributed by atoms with Crippen molar-refractivity contribution in [1.29, 1.82) is 0 Å². The number of aryl methyl sites for hydroxylation is 1. The van der Waals surface area contributed by atoms with Gasteiger partial charge in [-0.05, 0) is 31.5 Å². The molecule has 0 fully saturated rings. The molecule has 0 heterocycles. The molecule has 2 aromatic rings. The van der Waals surface area contributed by atoms with Gasteiger partial charge in [-0.1, -0.05) is 18.2 Å². The van der Waals surface area contributed by atoms with Crippen LogP contribution in [-0.4, -0.2) is 11.5 Å². The summed E-state index contributed by atoms with van der Waals surface area (Å²) in [5, 5.41) is 14.2. The minimum absolute atomic E-state index is 0.150. The average molecular weight is 286 g/mol. The van der Waals surface area contributed by atoms with E-state index in [1.165, 1.54) is 0 Å². The van der Waals surface area contributed by atoms with Crippen molar-refractivity contribution in [3.8, 4) is 5.75 Å². The smallest absolute Gasteiger partial charge is 0.272 e. The van der Waals surface area contributed by atoms with Crippen molar-refractivity contribution < 1.29 is 9.66 Å². The number of nitrogens with one attached hydrogen (secondary N) is 1. The van der Waals surface area contributed by atoms with Crippen molar-refractivity contribution >= 4 is 11.4 Å². The third-order valence-corrected chi connectivity index (χ3v) is 3.11. The molecule has 0 bridgehead atoms. The van der Waals surface area contributed by atoms with Gasteiger partial charge in [0.2, 0.25) is 0 Å². The first-order valence-electron chi connectivity index (χ1n) is 6.81. The molecule has 0 saturated carbocycles. The number of nitro groups is 1. The first kappa shape index (κ1) is 14.8. The fourth-order valence-electron chi connectivity index (χ4n) is 2.03. The molecule has 0 unspecified atom stereocenters. The van der Waals surface area contributed by atoms with Gasteiger partial charge < -0.3 is 10.1 Å². The van der Waals surface area contributed by atoms with Crippen molar-refractivity contribution in [2.45, 2.75) is 20.4 Å². The van der Waals surface area contributed by atoms with Crippen LogP contribution in [-0.2, 0) is 6.54 Å². The Hall–Kier alpha value is -2.56. The second-order valence-corrected chi connectivity index (χ2v) is 4.69. The Labute approximate surface area is 123 Å². The summed E-state index contributed by atoms with van der Waals surface area (Å²) in [7, 11) is 0. The number of nitrogens with zero attached hydrogens (tertiary/aromatic N) is 1. The number of ether oxygens (including phenoxy) is 1. The molecule has 21 heavy (non-hydrogen) atoms. The summed E-state index contributed by atoms with van der Waals surface area (Å²) in [4.78, 5) is 10.6. The van der Waals surface area contributed by atoms with Crippen LogP contribution < -0.4 is 10.1 Å². The average Bonchev–Trinajstić information content (AvgIpc) is 2.47. The van der Waals surface area contributed by atoms with Crippen molar-refractivity contribution in [3.63, 3.8) is 0 Å². The van der Waals surface area contributed by atoms with Gasteiger partial charge >= 0.3 is 0 Å². The van der Waals surface area contributed by atoms with Crippen LogP contribution >= 0.6 is 0 Å². The standard InChI is InChI=1S/C16H18N2O3/c1-3-21-15-6-4-5-14(10-15)17-11-13-8-7-12(2)16(9-13)18(19)20/h4-10,17H,3,11H2,1-2H3. The van der Waals surface area contributed by atoms with Crippen LogP contribution in [0.4, 0.5) is 11.4 Å². The quantitative estimate of drug-likeness (QED) is 0.646. The first-order chi connectivity index (χ1) is 10.1. The molecule has 0 aliphatic carbocycles. The highest BCUT2D eigenvalue weighted by Crippen LogP contribution is 2.21. The Morgan fingerprint density at radius 3 is 2.76 bits per heavy atom. The van der Waals surface area contributed by atoms with E-state index in [4.69, 9.17) is 4.74 Å².